The number of alkyl halides is 1. The summed E-state index contributed by atoms with van der Waals surface area (Å²) in [6.07, 6.45) is 3.08. The molecule has 0 atom stereocenters. The Morgan fingerprint density at radius 1 is 1.71 bits per heavy atom. The van der Waals surface area contributed by atoms with E-state index in [1.807, 2.05) is 0 Å². The molecule has 0 aliphatic carbocycles. The molecule has 2 heteroatoms. The van der Waals surface area contributed by atoms with Gasteiger partial charge >= 0.3 is 0 Å². The van der Waals surface area contributed by atoms with Crippen LogP contribution in [-0.2, 0) is 4.79 Å². The van der Waals surface area contributed by atoms with Crippen molar-refractivity contribution in [2.75, 3.05) is 5.88 Å². The SMILES string of the molecule is O=C=CCCCCl. The molecule has 0 amide bonds. The van der Waals surface area contributed by atoms with Gasteiger partial charge in [-0.2, -0.15) is 0 Å². The molecule has 0 heterocycles. The van der Waals surface area contributed by atoms with Gasteiger partial charge in [-0.15, -0.1) is 11.6 Å². The molecule has 0 N–H and O–H groups in total. The van der Waals surface area contributed by atoms with E-state index in [1.165, 1.54) is 6.08 Å². The highest BCUT2D eigenvalue weighted by atomic mass is 35.5. The Morgan fingerprint density at radius 3 is 2.86 bits per heavy atom. The Hall–Kier alpha value is -0.260. The lowest BCUT2D eigenvalue weighted by molar-refractivity contribution is 0.568. The van der Waals surface area contributed by atoms with Crippen LogP contribution < -0.4 is 0 Å². The van der Waals surface area contributed by atoms with E-state index in [0.29, 0.717) is 5.88 Å². The summed E-state index contributed by atoms with van der Waals surface area (Å²) in [5, 5.41) is 0. The predicted molar refractivity (Wildman–Crippen MR) is 30.2 cm³/mol. The zero-order valence-electron chi connectivity index (χ0n) is 3.98. The Kier molecular flexibility index (Phi) is 5.53. The molecule has 0 saturated carbocycles. The minimum atomic E-state index is 0.623. The van der Waals surface area contributed by atoms with Crippen LogP contribution in [0.15, 0.2) is 6.08 Å². The number of allylic oxidation sites excluding steroid dienone is 1. The lowest BCUT2D eigenvalue weighted by Crippen LogP contribution is -1.69. The van der Waals surface area contributed by atoms with Crippen molar-refractivity contribution in [1.82, 2.24) is 0 Å². The zero-order valence-corrected chi connectivity index (χ0v) is 4.74. The van der Waals surface area contributed by atoms with Crippen LogP contribution in [0.25, 0.3) is 0 Å². The maximum absolute atomic E-state index is 9.46. The summed E-state index contributed by atoms with van der Waals surface area (Å²) < 4.78 is 0. The molecule has 0 rings (SSSR count). The number of halogens is 1. The zero-order chi connectivity index (χ0) is 5.54. The predicted octanol–water partition coefficient (Wildman–Crippen LogP) is 1.39. The van der Waals surface area contributed by atoms with Crippen molar-refractivity contribution in [1.29, 1.82) is 0 Å². The summed E-state index contributed by atoms with van der Waals surface area (Å²) >= 11 is 5.29. The van der Waals surface area contributed by atoms with E-state index < -0.39 is 0 Å². The van der Waals surface area contributed by atoms with Gasteiger partial charge in [-0.1, -0.05) is 0 Å². The van der Waals surface area contributed by atoms with Crippen LogP contribution in [-0.4, -0.2) is 11.8 Å². The van der Waals surface area contributed by atoms with Gasteiger partial charge in [-0.25, -0.2) is 4.79 Å². The molecule has 0 unspecified atom stereocenters. The maximum Gasteiger partial charge on any atom is 0.120 e. The summed E-state index contributed by atoms with van der Waals surface area (Å²) in [6.45, 7) is 0. The van der Waals surface area contributed by atoms with Gasteiger partial charge in [0.2, 0.25) is 0 Å². The highest BCUT2D eigenvalue weighted by Crippen LogP contribution is 1.89. The summed E-state index contributed by atoms with van der Waals surface area (Å²) in [7, 11) is 0. The van der Waals surface area contributed by atoms with Gasteiger partial charge in [0.25, 0.3) is 0 Å². The fraction of sp³-hybridized carbons (Fsp3) is 0.600. The summed E-state index contributed by atoms with van der Waals surface area (Å²) in [5.74, 6) is 2.29. The van der Waals surface area contributed by atoms with E-state index in [0.717, 1.165) is 12.8 Å². The summed E-state index contributed by atoms with van der Waals surface area (Å²) in [5.41, 5.74) is 0. The van der Waals surface area contributed by atoms with Crippen LogP contribution in [0.2, 0.25) is 0 Å². The van der Waals surface area contributed by atoms with Gasteiger partial charge in [0, 0.05) is 5.88 Å². The molecule has 0 aliphatic heterocycles. The monoisotopic (exact) mass is 118 g/mol. The third kappa shape index (κ3) is 5.74. The van der Waals surface area contributed by atoms with Crippen LogP contribution in [0.4, 0.5) is 0 Å². The largest absolute Gasteiger partial charge is 0.234 e. The van der Waals surface area contributed by atoms with Gasteiger partial charge in [-0.05, 0) is 18.9 Å². The van der Waals surface area contributed by atoms with Gasteiger partial charge < -0.3 is 0 Å². The Bertz CT molecular complexity index is 74.1. The Morgan fingerprint density at radius 2 is 2.43 bits per heavy atom. The molecule has 0 aromatic heterocycles. The summed E-state index contributed by atoms with van der Waals surface area (Å²) in [6, 6.07) is 0. The minimum Gasteiger partial charge on any atom is -0.234 e. The fourth-order valence-electron chi connectivity index (χ4n) is 0.238. The van der Waals surface area contributed by atoms with E-state index in [4.69, 9.17) is 11.6 Å². The first-order valence-corrected chi connectivity index (χ1v) is 2.70. The maximum atomic E-state index is 9.46. The Labute approximate surface area is 48.0 Å². The van der Waals surface area contributed by atoms with E-state index in [-0.39, 0.29) is 0 Å². The van der Waals surface area contributed by atoms with Crippen LogP contribution in [0.3, 0.4) is 0 Å². The van der Waals surface area contributed by atoms with Gasteiger partial charge in [-0.3, -0.25) is 0 Å². The van der Waals surface area contributed by atoms with Crippen molar-refractivity contribution < 1.29 is 4.79 Å². The molecule has 1 nitrogen and oxygen atoms in total. The topological polar surface area (TPSA) is 17.1 Å². The normalized spacial score (nSPS) is 7.57. The highest BCUT2D eigenvalue weighted by molar-refractivity contribution is 6.17. The van der Waals surface area contributed by atoms with Crippen LogP contribution in [0.5, 0.6) is 0 Å². The first kappa shape index (κ1) is 6.74. The van der Waals surface area contributed by atoms with Crippen molar-refractivity contribution in [3.63, 3.8) is 0 Å². The van der Waals surface area contributed by atoms with Gasteiger partial charge in [0.05, 0.1) is 0 Å². The second-order valence-corrected chi connectivity index (χ2v) is 1.53. The number of unbranched alkanes of at least 4 members (excludes halogenated alkanes) is 1. The fourth-order valence-corrected chi connectivity index (χ4v) is 0.392. The molecule has 0 saturated heterocycles. The first-order valence-electron chi connectivity index (χ1n) is 2.17. The molecule has 0 radical (unpaired) electrons. The number of hydrogen-bond donors (Lipinski definition) is 0. The number of carbonyl (C=O) groups excluding carboxylic acids is 1. The second kappa shape index (κ2) is 5.74. The standard InChI is InChI=1S/C5H7ClO/c6-4-2-1-3-5-7/h3H,1-2,4H2. The highest BCUT2D eigenvalue weighted by Gasteiger charge is 1.75. The average molecular weight is 119 g/mol. The lowest BCUT2D eigenvalue weighted by atomic mass is 10.3. The van der Waals surface area contributed by atoms with Crippen molar-refractivity contribution in [3.05, 3.63) is 6.08 Å². The second-order valence-electron chi connectivity index (χ2n) is 1.15. The smallest absolute Gasteiger partial charge is 0.120 e. The molecule has 0 bridgehead atoms. The van der Waals surface area contributed by atoms with Crippen molar-refractivity contribution in [2.45, 2.75) is 12.8 Å². The minimum absolute atomic E-state index is 0.623. The number of rotatable bonds is 3. The molecule has 0 aliphatic rings. The van der Waals surface area contributed by atoms with Crippen LogP contribution in [0.1, 0.15) is 12.8 Å². The number of hydrogen-bond acceptors (Lipinski definition) is 1. The van der Waals surface area contributed by atoms with Crippen LogP contribution >= 0.6 is 11.6 Å². The van der Waals surface area contributed by atoms with E-state index in [1.54, 1.807) is 5.94 Å². The molecule has 0 aromatic carbocycles. The first-order chi connectivity index (χ1) is 3.41. The quantitative estimate of drug-likeness (QED) is 0.311. The van der Waals surface area contributed by atoms with Gasteiger partial charge in [0.1, 0.15) is 5.94 Å². The molecule has 7 heavy (non-hydrogen) atoms. The van der Waals surface area contributed by atoms with E-state index in [2.05, 4.69) is 0 Å². The Balaban J connectivity index is 2.83. The molecule has 0 fully saturated rings. The molecule has 0 spiro atoms. The molecule has 0 aromatic rings. The average Bonchev–Trinajstić information content (AvgIpc) is 1.69. The van der Waals surface area contributed by atoms with E-state index in [9.17, 15) is 4.79 Å². The molecular formula is C5H7ClO. The van der Waals surface area contributed by atoms with Crippen molar-refractivity contribution in [2.24, 2.45) is 0 Å². The van der Waals surface area contributed by atoms with Crippen molar-refractivity contribution in [3.8, 4) is 0 Å². The third-order valence-electron chi connectivity index (χ3n) is 0.565. The lowest BCUT2D eigenvalue weighted by Gasteiger charge is -1.79. The summed E-state index contributed by atoms with van der Waals surface area (Å²) in [4.78, 5) is 9.46. The van der Waals surface area contributed by atoms with Gasteiger partial charge in [0.15, 0.2) is 0 Å². The third-order valence-corrected chi connectivity index (χ3v) is 0.833. The van der Waals surface area contributed by atoms with Crippen molar-refractivity contribution >= 4 is 17.5 Å². The molecular weight excluding hydrogens is 112 g/mol. The van der Waals surface area contributed by atoms with Crippen LogP contribution in [0, 0.1) is 0 Å². The molecule has 40 valence electrons. The van der Waals surface area contributed by atoms with E-state index >= 15 is 0 Å².